The fraction of sp³-hybridized carbons (Fsp3) is 0.300. The van der Waals surface area contributed by atoms with Crippen LogP contribution in [0, 0.1) is 5.92 Å². The Balaban J connectivity index is 1.44. The molecule has 1 saturated heterocycles. The summed E-state index contributed by atoms with van der Waals surface area (Å²) >= 11 is 6.03. The van der Waals surface area contributed by atoms with Crippen molar-refractivity contribution in [3.63, 3.8) is 0 Å². The molecule has 1 amide bonds. The zero-order chi connectivity index (χ0) is 20.2. The molecule has 29 heavy (non-hydrogen) atoms. The summed E-state index contributed by atoms with van der Waals surface area (Å²) in [6, 6.07) is 11.3. The minimum Gasteiger partial charge on any atom is -0.497 e. The average molecular weight is 414 g/mol. The van der Waals surface area contributed by atoms with Gasteiger partial charge >= 0.3 is 6.01 Å². The summed E-state index contributed by atoms with van der Waals surface area (Å²) in [7, 11) is 1.62. The van der Waals surface area contributed by atoms with Gasteiger partial charge in [0.15, 0.2) is 5.15 Å². The molecule has 3 heterocycles. The van der Waals surface area contributed by atoms with Crippen LogP contribution in [0.4, 0.5) is 11.7 Å². The van der Waals surface area contributed by atoms with Crippen molar-refractivity contribution in [2.75, 3.05) is 30.4 Å². The number of benzene rings is 1. The zero-order valence-electron chi connectivity index (χ0n) is 15.8. The number of ether oxygens (including phenoxy) is 1. The Labute approximate surface area is 172 Å². The lowest BCUT2D eigenvalue weighted by atomic mass is 9.97. The monoisotopic (exact) mass is 413 g/mol. The highest BCUT2D eigenvalue weighted by Crippen LogP contribution is 2.27. The number of carbonyl (C=O) groups is 1. The Hall–Kier alpha value is -3.13. The van der Waals surface area contributed by atoms with Crippen molar-refractivity contribution in [1.29, 1.82) is 0 Å². The lowest BCUT2D eigenvalue weighted by molar-refractivity contribution is -0.120. The van der Waals surface area contributed by atoms with E-state index in [1.165, 1.54) is 0 Å². The second-order valence-electron chi connectivity index (χ2n) is 6.75. The van der Waals surface area contributed by atoms with Crippen LogP contribution in [-0.2, 0) is 4.79 Å². The molecule has 1 N–H and O–H groups in total. The van der Waals surface area contributed by atoms with Crippen LogP contribution >= 0.6 is 11.6 Å². The van der Waals surface area contributed by atoms with E-state index in [1.54, 1.807) is 25.4 Å². The predicted molar refractivity (Wildman–Crippen MR) is 109 cm³/mol. The van der Waals surface area contributed by atoms with E-state index in [1.807, 2.05) is 29.2 Å². The molecule has 8 nitrogen and oxygen atoms in total. The molecule has 0 bridgehead atoms. The first kappa shape index (κ1) is 19.2. The van der Waals surface area contributed by atoms with Crippen LogP contribution in [0.25, 0.3) is 11.4 Å². The van der Waals surface area contributed by atoms with Crippen LogP contribution in [0.3, 0.4) is 0 Å². The quantitative estimate of drug-likeness (QED) is 0.638. The Kier molecular flexibility index (Phi) is 5.62. The van der Waals surface area contributed by atoms with E-state index in [4.69, 9.17) is 20.9 Å². The van der Waals surface area contributed by atoms with Gasteiger partial charge in [0, 0.05) is 24.8 Å². The van der Waals surface area contributed by atoms with Gasteiger partial charge in [0.05, 0.1) is 18.7 Å². The number of methoxy groups -OCH3 is 1. The fourth-order valence-corrected chi connectivity index (χ4v) is 3.45. The van der Waals surface area contributed by atoms with Crippen LogP contribution in [0.2, 0.25) is 5.15 Å². The number of amides is 1. The Morgan fingerprint density at radius 2 is 2.14 bits per heavy atom. The number of hydrogen-bond donors (Lipinski definition) is 1. The third-order valence-electron chi connectivity index (χ3n) is 4.84. The molecule has 9 heteroatoms. The highest BCUT2D eigenvalue weighted by molar-refractivity contribution is 6.32. The molecule has 1 aliphatic heterocycles. The molecular weight excluding hydrogens is 394 g/mol. The minimum absolute atomic E-state index is 0.0977. The third-order valence-corrected chi connectivity index (χ3v) is 5.14. The first-order valence-electron chi connectivity index (χ1n) is 9.28. The number of carbonyl (C=O) groups excluding carboxylic acids is 1. The maximum Gasteiger partial charge on any atom is 0.324 e. The van der Waals surface area contributed by atoms with E-state index in [0.717, 1.165) is 30.7 Å². The number of pyridine rings is 1. The molecule has 1 aromatic carbocycles. The van der Waals surface area contributed by atoms with Crippen molar-refractivity contribution in [1.82, 2.24) is 15.1 Å². The highest BCUT2D eigenvalue weighted by atomic mass is 35.5. The van der Waals surface area contributed by atoms with E-state index in [0.29, 0.717) is 24.1 Å². The number of rotatable bonds is 5. The summed E-state index contributed by atoms with van der Waals surface area (Å²) < 4.78 is 10.6. The van der Waals surface area contributed by atoms with Crippen molar-refractivity contribution < 1.29 is 14.1 Å². The minimum atomic E-state index is -0.212. The summed E-state index contributed by atoms with van der Waals surface area (Å²) in [5.41, 5.74) is 1.34. The van der Waals surface area contributed by atoms with Gasteiger partial charge in [-0.15, -0.1) is 0 Å². The molecule has 1 atom stereocenters. The molecule has 0 aliphatic carbocycles. The Morgan fingerprint density at radius 3 is 2.90 bits per heavy atom. The fourth-order valence-electron chi connectivity index (χ4n) is 3.28. The van der Waals surface area contributed by atoms with E-state index >= 15 is 0 Å². The van der Waals surface area contributed by atoms with Crippen LogP contribution in [0.5, 0.6) is 5.75 Å². The molecule has 150 valence electrons. The largest absolute Gasteiger partial charge is 0.497 e. The number of nitrogens with one attached hydrogen (secondary N) is 1. The molecule has 2 aromatic heterocycles. The average Bonchev–Trinajstić information content (AvgIpc) is 3.26. The Morgan fingerprint density at radius 1 is 1.31 bits per heavy atom. The van der Waals surface area contributed by atoms with Crippen LogP contribution in [-0.4, -0.2) is 41.2 Å². The standard InChI is InChI=1S/C20H20ClN5O3/c1-28-15-8-6-13(7-9-15)18-24-20(29-25-18)26-11-3-4-14(12-26)19(27)23-16-5-2-10-22-17(16)21/h2,5-10,14H,3-4,11-12H2,1H3,(H,23,27). The topological polar surface area (TPSA) is 93.4 Å². The van der Waals surface area contributed by atoms with Gasteiger partial charge in [-0.2, -0.15) is 4.98 Å². The van der Waals surface area contributed by atoms with Gasteiger partial charge in [-0.1, -0.05) is 16.8 Å². The predicted octanol–water partition coefficient (Wildman–Crippen LogP) is 3.65. The summed E-state index contributed by atoms with van der Waals surface area (Å²) in [6.45, 7) is 1.25. The summed E-state index contributed by atoms with van der Waals surface area (Å²) in [5, 5.41) is 7.20. The molecule has 4 rings (SSSR count). The number of halogens is 1. The summed E-state index contributed by atoms with van der Waals surface area (Å²) in [5.74, 6) is 0.947. The van der Waals surface area contributed by atoms with Crippen molar-refractivity contribution in [3.05, 3.63) is 47.7 Å². The van der Waals surface area contributed by atoms with E-state index in [2.05, 4.69) is 20.4 Å². The van der Waals surface area contributed by atoms with Crippen molar-refractivity contribution in [2.45, 2.75) is 12.8 Å². The lowest BCUT2D eigenvalue weighted by Gasteiger charge is -2.30. The van der Waals surface area contributed by atoms with E-state index in [9.17, 15) is 4.79 Å². The molecule has 0 saturated carbocycles. The molecule has 0 radical (unpaired) electrons. The molecule has 1 aliphatic rings. The van der Waals surface area contributed by atoms with Crippen molar-refractivity contribution in [3.8, 4) is 17.1 Å². The summed E-state index contributed by atoms with van der Waals surface area (Å²) in [4.78, 5) is 23.1. The van der Waals surface area contributed by atoms with Crippen molar-refractivity contribution in [2.24, 2.45) is 5.92 Å². The molecule has 1 fully saturated rings. The van der Waals surface area contributed by atoms with Crippen molar-refractivity contribution >= 4 is 29.2 Å². The maximum atomic E-state index is 12.7. The SMILES string of the molecule is COc1ccc(-c2noc(N3CCCC(C(=O)Nc4cccnc4Cl)C3)n2)cc1. The normalized spacial score (nSPS) is 16.5. The number of hydrogen-bond acceptors (Lipinski definition) is 7. The molecule has 3 aromatic rings. The van der Waals surface area contributed by atoms with Gasteiger partial charge in [0.2, 0.25) is 11.7 Å². The number of aromatic nitrogens is 3. The number of nitrogens with zero attached hydrogens (tertiary/aromatic N) is 4. The van der Waals surface area contributed by atoms with Gasteiger partial charge in [0.1, 0.15) is 5.75 Å². The number of piperidine rings is 1. The third kappa shape index (κ3) is 4.32. The van der Waals surface area contributed by atoms with Crippen LogP contribution < -0.4 is 15.0 Å². The molecule has 1 unspecified atom stereocenters. The maximum absolute atomic E-state index is 12.7. The first-order chi connectivity index (χ1) is 14.1. The highest BCUT2D eigenvalue weighted by Gasteiger charge is 2.29. The smallest absolute Gasteiger partial charge is 0.324 e. The van der Waals surface area contributed by atoms with Gasteiger partial charge in [-0.25, -0.2) is 4.98 Å². The van der Waals surface area contributed by atoms with E-state index < -0.39 is 0 Å². The van der Waals surface area contributed by atoms with Gasteiger partial charge in [-0.3, -0.25) is 4.79 Å². The lowest BCUT2D eigenvalue weighted by Crippen LogP contribution is -2.41. The van der Waals surface area contributed by atoms with Crippen LogP contribution in [0.15, 0.2) is 47.1 Å². The second-order valence-corrected chi connectivity index (χ2v) is 7.10. The molecule has 0 spiro atoms. The van der Waals surface area contributed by atoms with Gasteiger partial charge in [-0.05, 0) is 49.2 Å². The second kappa shape index (κ2) is 8.48. The first-order valence-corrected chi connectivity index (χ1v) is 9.66. The van der Waals surface area contributed by atoms with E-state index in [-0.39, 0.29) is 17.0 Å². The zero-order valence-corrected chi connectivity index (χ0v) is 16.6. The van der Waals surface area contributed by atoms with Gasteiger partial charge in [0.25, 0.3) is 0 Å². The Bertz CT molecular complexity index is 992. The molecular formula is C20H20ClN5O3. The summed E-state index contributed by atoms with van der Waals surface area (Å²) in [6.07, 6.45) is 3.20. The van der Waals surface area contributed by atoms with Crippen LogP contribution in [0.1, 0.15) is 12.8 Å². The number of anilines is 2. The van der Waals surface area contributed by atoms with Gasteiger partial charge < -0.3 is 19.5 Å².